The van der Waals surface area contributed by atoms with E-state index in [4.69, 9.17) is 5.11 Å². The van der Waals surface area contributed by atoms with Crippen LogP contribution in [0, 0.1) is 17.8 Å². The van der Waals surface area contributed by atoms with E-state index in [1.165, 1.54) is 18.4 Å². The van der Waals surface area contributed by atoms with Crippen LogP contribution in [0.15, 0.2) is 12.2 Å². The Morgan fingerprint density at radius 3 is 2.41 bits per heavy atom. The third-order valence-electron chi connectivity index (χ3n) is 3.90. The summed E-state index contributed by atoms with van der Waals surface area (Å²) >= 11 is 0. The summed E-state index contributed by atoms with van der Waals surface area (Å²) in [5, 5.41) is 8.93. The number of rotatable bonds is 2. The second-order valence-electron chi connectivity index (χ2n) is 5.99. The maximum absolute atomic E-state index is 10.8. The molecular formula is C15H26O2. The fraction of sp³-hybridized carbons (Fsp3) is 0.800. The summed E-state index contributed by atoms with van der Waals surface area (Å²) in [7, 11) is 0. The van der Waals surface area contributed by atoms with E-state index in [-0.39, 0.29) is 0 Å². The highest BCUT2D eigenvalue weighted by Crippen LogP contribution is 2.30. The van der Waals surface area contributed by atoms with Gasteiger partial charge in [-0.05, 0) is 37.0 Å². The molecule has 1 rings (SSSR count). The van der Waals surface area contributed by atoms with E-state index in [1.54, 1.807) is 0 Å². The topological polar surface area (TPSA) is 37.3 Å². The molecule has 0 spiro atoms. The molecule has 0 aromatic heterocycles. The minimum atomic E-state index is -0.666. The Kier molecular flexibility index (Phi) is 5.73. The van der Waals surface area contributed by atoms with Gasteiger partial charge in [0.25, 0.3) is 0 Å². The molecule has 0 amide bonds. The molecule has 17 heavy (non-hydrogen) atoms. The summed E-state index contributed by atoms with van der Waals surface area (Å²) in [5.41, 5.74) is 1.25. The van der Waals surface area contributed by atoms with E-state index in [9.17, 15) is 4.79 Å². The van der Waals surface area contributed by atoms with E-state index in [0.29, 0.717) is 18.3 Å². The molecule has 3 unspecified atom stereocenters. The van der Waals surface area contributed by atoms with Crippen molar-refractivity contribution < 1.29 is 9.90 Å². The number of hydrogen-bond acceptors (Lipinski definition) is 1. The lowest BCUT2D eigenvalue weighted by Crippen LogP contribution is -2.13. The maximum atomic E-state index is 10.8. The number of carbonyl (C=O) groups is 1. The number of carboxylic acids is 1. The average Bonchev–Trinajstić information content (AvgIpc) is 2.21. The first kappa shape index (κ1) is 14.3. The van der Waals surface area contributed by atoms with Gasteiger partial charge in [0.1, 0.15) is 0 Å². The monoisotopic (exact) mass is 238 g/mol. The van der Waals surface area contributed by atoms with Crippen LogP contribution in [-0.2, 0) is 4.79 Å². The van der Waals surface area contributed by atoms with Crippen molar-refractivity contribution in [1.82, 2.24) is 0 Å². The van der Waals surface area contributed by atoms with Gasteiger partial charge in [0.2, 0.25) is 0 Å². The Balaban J connectivity index is 2.58. The van der Waals surface area contributed by atoms with Crippen LogP contribution in [0.4, 0.5) is 0 Å². The first-order valence-electron chi connectivity index (χ1n) is 6.85. The van der Waals surface area contributed by atoms with Gasteiger partial charge in [0, 0.05) is 6.42 Å². The third kappa shape index (κ3) is 5.90. The van der Waals surface area contributed by atoms with Gasteiger partial charge in [-0.2, -0.15) is 0 Å². The molecule has 0 aliphatic heterocycles. The zero-order valence-electron chi connectivity index (χ0n) is 11.2. The van der Waals surface area contributed by atoms with Crippen molar-refractivity contribution in [2.24, 2.45) is 17.8 Å². The molecule has 1 saturated carbocycles. The molecule has 0 saturated heterocycles. The molecule has 0 aromatic rings. The van der Waals surface area contributed by atoms with Gasteiger partial charge in [0.15, 0.2) is 0 Å². The van der Waals surface area contributed by atoms with Crippen molar-refractivity contribution >= 4 is 5.97 Å². The predicted octanol–water partition coefficient (Wildman–Crippen LogP) is 4.26. The number of aliphatic carboxylic acids is 1. The normalized spacial score (nSPS) is 32.1. The first-order valence-corrected chi connectivity index (χ1v) is 6.85. The Morgan fingerprint density at radius 1 is 1.18 bits per heavy atom. The van der Waals surface area contributed by atoms with Crippen LogP contribution in [0.2, 0.25) is 0 Å². The molecule has 1 aliphatic rings. The van der Waals surface area contributed by atoms with E-state index >= 15 is 0 Å². The van der Waals surface area contributed by atoms with E-state index in [2.05, 4.69) is 20.4 Å². The predicted molar refractivity (Wildman–Crippen MR) is 70.9 cm³/mol. The van der Waals surface area contributed by atoms with Crippen molar-refractivity contribution in [1.29, 1.82) is 0 Å². The lowest BCUT2D eigenvalue weighted by Gasteiger charge is -2.24. The molecule has 0 radical (unpaired) electrons. The van der Waals surface area contributed by atoms with Crippen LogP contribution in [-0.4, -0.2) is 11.1 Å². The SMILES string of the molecule is C=C1CC(C)CCC(C)CCC(CC(=O)O)C1. The Hall–Kier alpha value is -0.790. The van der Waals surface area contributed by atoms with Crippen LogP contribution in [0.25, 0.3) is 0 Å². The highest BCUT2D eigenvalue weighted by molar-refractivity contribution is 5.67. The first-order chi connectivity index (χ1) is 7.97. The van der Waals surface area contributed by atoms with Crippen LogP contribution in [0.3, 0.4) is 0 Å². The van der Waals surface area contributed by atoms with Gasteiger partial charge in [-0.3, -0.25) is 4.79 Å². The summed E-state index contributed by atoms with van der Waals surface area (Å²) in [5.74, 6) is 1.07. The summed E-state index contributed by atoms with van der Waals surface area (Å²) in [6.07, 6.45) is 7.04. The van der Waals surface area contributed by atoms with E-state index in [0.717, 1.165) is 31.6 Å². The summed E-state index contributed by atoms with van der Waals surface area (Å²) in [6, 6.07) is 0. The van der Waals surface area contributed by atoms with Crippen molar-refractivity contribution in [2.45, 2.75) is 58.8 Å². The average molecular weight is 238 g/mol. The maximum Gasteiger partial charge on any atom is 0.303 e. The molecule has 98 valence electrons. The second kappa shape index (κ2) is 6.83. The van der Waals surface area contributed by atoms with E-state index < -0.39 is 5.97 Å². The molecule has 2 nitrogen and oxygen atoms in total. The second-order valence-corrected chi connectivity index (χ2v) is 5.99. The van der Waals surface area contributed by atoms with Crippen LogP contribution >= 0.6 is 0 Å². The largest absolute Gasteiger partial charge is 0.481 e. The van der Waals surface area contributed by atoms with Crippen molar-refractivity contribution in [3.05, 3.63) is 12.2 Å². The van der Waals surface area contributed by atoms with Gasteiger partial charge < -0.3 is 5.11 Å². The van der Waals surface area contributed by atoms with Gasteiger partial charge in [-0.1, -0.05) is 45.3 Å². The fourth-order valence-corrected chi connectivity index (χ4v) is 2.84. The van der Waals surface area contributed by atoms with Gasteiger partial charge >= 0.3 is 5.97 Å². The van der Waals surface area contributed by atoms with Crippen molar-refractivity contribution in [3.63, 3.8) is 0 Å². The zero-order chi connectivity index (χ0) is 12.8. The van der Waals surface area contributed by atoms with Crippen molar-refractivity contribution in [3.8, 4) is 0 Å². The summed E-state index contributed by atoms with van der Waals surface area (Å²) in [6.45, 7) is 8.70. The molecule has 0 heterocycles. The third-order valence-corrected chi connectivity index (χ3v) is 3.90. The lowest BCUT2D eigenvalue weighted by molar-refractivity contribution is -0.138. The lowest BCUT2D eigenvalue weighted by atomic mass is 9.82. The Labute approximate surface area is 105 Å². The standard InChI is InChI=1S/C15H26O2/c1-11-4-5-12(2)8-13(3)9-14(7-6-11)10-15(16)17/h11-12,14H,3-10H2,1-2H3,(H,16,17). The molecule has 0 aromatic carbocycles. The fourth-order valence-electron chi connectivity index (χ4n) is 2.84. The molecule has 1 aliphatic carbocycles. The summed E-state index contributed by atoms with van der Waals surface area (Å²) < 4.78 is 0. The summed E-state index contributed by atoms with van der Waals surface area (Å²) in [4.78, 5) is 10.8. The highest BCUT2D eigenvalue weighted by atomic mass is 16.4. The molecule has 2 heteroatoms. The molecule has 0 bridgehead atoms. The Bertz CT molecular complexity index is 270. The number of carboxylic acid groups (broad SMARTS) is 1. The van der Waals surface area contributed by atoms with Crippen LogP contribution in [0.5, 0.6) is 0 Å². The highest BCUT2D eigenvalue weighted by Gasteiger charge is 2.19. The van der Waals surface area contributed by atoms with Gasteiger partial charge in [-0.25, -0.2) is 0 Å². The van der Waals surface area contributed by atoms with Gasteiger partial charge in [0.05, 0.1) is 0 Å². The quantitative estimate of drug-likeness (QED) is 0.730. The number of allylic oxidation sites excluding steroid dienone is 1. The Morgan fingerprint density at radius 2 is 1.76 bits per heavy atom. The van der Waals surface area contributed by atoms with Crippen LogP contribution < -0.4 is 0 Å². The smallest absolute Gasteiger partial charge is 0.303 e. The number of hydrogen-bond donors (Lipinski definition) is 1. The molecular weight excluding hydrogens is 212 g/mol. The van der Waals surface area contributed by atoms with Gasteiger partial charge in [-0.15, -0.1) is 0 Å². The molecule has 3 atom stereocenters. The minimum Gasteiger partial charge on any atom is -0.481 e. The van der Waals surface area contributed by atoms with Crippen molar-refractivity contribution in [2.75, 3.05) is 0 Å². The van der Waals surface area contributed by atoms with E-state index in [1.807, 2.05) is 0 Å². The molecule has 1 N–H and O–H groups in total. The molecule has 1 fully saturated rings. The zero-order valence-corrected chi connectivity index (χ0v) is 11.2. The minimum absolute atomic E-state index is 0.299. The van der Waals surface area contributed by atoms with Crippen LogP contribution in [0.1, 0.15) is 58.8 Å².